The van der Waals surface area contributed by atoms with Crippen molar-refractivity contribution in [2.75, 3.05) is 6.54 Å². The van der Waals surface area contributed by atoms with Gasteiger partial charge in [0.05, 0.1) is 6.04 Å². The molecule has 1 atom stereocenters. The normalized spacial score (nSPS) is 25.8. The Labute approximate surface area is 114 Å². The summed E-state index contributed by atoms with van der Waals surface area (Å²) in [6.07, 6.45) is 6.38. The van der Waals surface area contributed by atoms with Crippen molar-refractivity contribution in [2.45, 2.75) is 44.6 Å². The smallest absolute Gasteiger partial charge is 0.162 e. The number of allylic oxidation sites excluding steroid dienone is 2. The molecule has 0 saturated heterocycles. The van der Waals surface area contributed by atoms with Crippen LogP contribution < -0.4 is 0 Å². The maximum absolute atomic E-state index is 12.4. The predicted molar refractivity (Wildman–Crippen MR) is 74.7 cm³/mol. The van der Waals surface area contributed by atoms with Crippen LogP contribution in [0.1, 0.15) is 49.3 Å². The second kappa shape index (κ2) is 4.22. The number of carbonyl (C=O) groups excluding carboxylic acids is 1. The summed E-state index contributed by atoms with van der Waals surface area (Å²) in [5.41, 5.74) is 5.36. The molecule has 2 heteroatoms. The lowest BCUT2D eigenvalue weighted by Gasteiger charge is -2.45. The van der Waals surface area contributed by atoms with Crippen LogP contribution in [0.3, 0.4) is 0 Å². The van der Waals surface area contributed by atoms with Crippen LogP contribution in [0.5, 0.6) is 0 Å². The van der Waals surface area contributed by atoms with Gasteiger partial charge in [-0.3, -0.25) is 4.79 Å². The van der Waals surface area contributed by atoms with Gasteiger partial charge in [0, 0.05) is 24.2 Å². The highest BCUT2D eigenvalue weighted by atomic mass is 16.1. The van der Waals surface area contributed by atoms with Gasteiger partial charge in [0.1, 0.15) is 0 Å². The Hall–Kier alpha value is -1.57. The molecule has 1 aromatic rings. The highest BCUT2D eigenvalue weighted by Gasteiger charge is 2.37. The number of hydrogen-bond donors (Lipinski definition) is 0. The van der Waals surface area contributed by atoms with Gasteiger partial charge in [-0.05, 0) is 43.2 Å². The summed E-state index contributed by atoms with van der Waals surface area (Å²) >= 11 is 0. The summed E-state index contributed by atoms with van der Waals surface area (Å²) in [5.74, 6) is 0.410. The van der Waals surface area contributed by atoms with Gasteiger partial charge in [0.15, 0.2) is 5.78 Å². The number of benzene rings is 1. The molecular weight excluding hydrogens is 234 g/mol. The molecule has 2 nitrogen and oxygen atoms in total. The molecule has 4 rings (SSSR count). The first-order valence-corrected chi connectivity index (χ1v) is 7.44. The number of fused-ring (bicyclic) bond motifs is 4. The Kier molecular flexibility index (Phi) is 2.51. The van der Waals surface area contributed by atoms with E-state index in [4.69, 9.17) is 0 Å². The highest BCUT2D eigenvalue weighted by molar-refractivity contribution is 5.97. The van der Waals surface area contributed by atoms with Gasteiger partial charge in [-0.1, -0.05) is 24.3 Å². The molecule has 0 saturated carbocycles. The molecule has 0 aromatic heterocycles. The molecule has 0 amide bonds. The Morgan fingerprint density at radius 1 is 1.05 bits per heavy atom. The van der Waals surface area contributed by atoms with Crippen LogP contribution in [0.2, 0.25) is 0 Å². The topological polar surface area (TPSA) is 20.3 Å². The van der Waals surface area contributed by atoms with Crippen molar-refractivity contribution in [1.82, 2.24) is 4.90 Å². The molecule has 19 heavy (non-hydrogen) atoms. The number of nitrogens with zero attached hydrogens (tertiary/aromatic N) is 1. The molecule has 2 heterocycles. The summed E-state index contributed by atoms with van der Waals surface area (Å²) in [5, 5.41) is 0. The lowest BCUT2D eigenvalue weighted by atomic mass is 9.80. The van der Waals surface area contributed by atoms with Gasteiger partial charge in [0.25, 0.3) is 0 Å². The first-order chi connectivity index (χ1) is 9.34. The molecule has 1 aliphatic carbocycles. The predicted octanol–water partition coefficient (Wildman–Crippen LogP) is 3.39. The summed E-state index contributed by atoms with van der Waals surface area (Å²) in [6, 6.07) is 8.98. The second-order valence-corrected chi connectivity index (χ2v) is 5.92. The van der Waals surface area contributed by atoms with E-state index in [1.165, 1.54) is 29.7 Å². The van der Waals surface area contributed by atoms with Crippen molar-refractivity contribution in [3.05, 3.63) is 46.7 Å². The van der Waals surface area contributed by atoms with E-state index in [1.54, 1.807) is 0 Å². The van der Waals surface area contributed by atoms with Gasteiger partial charge < -0.3 is 4.90 Å². The van der Waals surface area contributed by atoms with Crippen molar-refractivity contribution < 1.29 is 4.79 Å². The number of carbonyl (C=O) groups is 1. The van der Waals surface area contributed by atoms with Gasteiger partial charge >= 0.3 is 0 Å². The average Bonchev–Trinajstić information content (AvgIpc) is 2.47. The molecule has 98 valence electrons. The van der Waals surface area contributed by atoms with Crippen molar-refractivity contribution in [3.63, 3.8) is 0 Å². The lowest BCUT2D eigenvalue weighted by molar-refractivity contribution is -0.118. The summed E-state index contributed by atoms with van der Waals surface area (Å²) in [4.78, 5) is 14.9. The molecule has 0 radical (unpaired) electrons. The SMILES string of the molecule is O=C1C[C@H]2c3ccccc3CCN2C2=C1CCCC2. The first kappa shape index (κ1) is 11.3. The largest absolute Gasteiger partial charge is 0.367 e. The van der Waals surface area contributed by atoms with Gasteiger partial charge in [-0.25, -0.2) is 0 Å². The van der Waals surface area contributed by atoms with Gasteiger partial charge in [-0.15, -0.1) is 0 Å². The van der Waals surface area contributed by atoms with E-state index < -0.39 is 0 Å². The van der Waals surface area contributed by atoms with E-state index in [0.717, 1.165) is 31.4 Å². The third kappa shape index (κ3) is 1.66. The molecular formula is C17H19NO. The minimum Gasteiger partial charge on any atom is -0.367 e. The zero-order chi connectivity index (χ0) is 12.8. The summed E-state index contributed by atoms with van der Waals surface area (Å²) in [7, 11) is 0. The minimum atomic E-state index is 0.314. The fourth-order valence-electron chi connectivity index (χ4n) is 4.00. The van der Waals surface area contributed by atoms with E-state index in [1.807, 2.05) is 0 Å². The second-order valence-electron chi connectivity index (χ2n) is 5.92. The molecule has 0 N–H and O–H groups in total. The standard InChI is InChI=1S/C17H19NO/c19-17-11-16-13-6-2-1-5-12(13)9-10-18(16)15-8-4-3-7-14(15)17/h1-2,5-6,16H,3-4,7-11H2/t16-/m0/s1. The molecule has 3 aliphatic rings. The Balaban J connectivity index is 1.81. The number of Topliss-reactive ketones (excluding diaryl/α,β-unsaturated/α-hetero) is 1. The summed E-state index contributed by atoms with van der Waals surface area (Å²) < 4.78 is 0. The quantitative estimate of drug-likeness (QED) is 0.706. The van der Waals surface area contributed by atoms with Crippen LogP contribution >= 0.6 is 0 Å². The maximum atomic E-state index is 12.4. The Morgan fingerprint density at radius 2 is 1.89 bits per heavy atom. The monoisotopic (exact) mass is 253 g/mol. The van der Waals surface area contributed by atoms with Crippen LogP contribution in [-0.2, 0) is 11.2 Å². The lowest BCUT2D eigenvalue weighted by Crippen LogP contribution is -2.41. The van der Waals surface area contributed by atoms with Crippen LogP contribution in [0.4, 0.5) is 0 Å². The van der Waals surface area contributed by atoms with E-state index in [-0.39, 0.29) is 0 Å². The molecule has 0 fully saturated rings. The number of ketones is 1. The fourth-order valence-corrected chi connectivity index (χ4v) is 4.00. The third-order valence-corrected chi connectivity index (χ3v) is 4.91. The molecule has 0 unspecified atom stereocenters. The fraction of sp³-hybridized carbons (Fsp3) is 0.471. The van der Waals surface area contributed by atoms with Crippen LogP contribution in [0, 0.1) is 0 Å². The minimum absolute atomic E-state index is 0.314. The summed E-state index contributed by atoms with van der Waals surface area (Å²) in [6.45, 7) is 1.09. The van der Waals surface area contributed by atoms with Gasteiger partial charge in [0.2, 0.25) is 0 Å². The number of rotatable bonds is 0. The van der Waals surface area contributed by atoms with Crippen molar-refractivity contribution in [1.29, 1.82) is 0 Å². The highest BCUT2D eigenvalue weighted by Crippen LogP contribution is 2.43. The molecule has 2 aliphatic heterocycles. The van der Waals surface area contributed by atoms with Crippen molar-refractivity contribution in [2.24, 2.45) is 0 Å². The molecule has 0 bridgehead atoms. The Morgan fingerprint density at radius 3 is 2.84 bits per heavy atom. The number of hydrogen-bond acceptors (Lipinski definition) is 2. The Bertz CT molecular complexity index is 572. The van der Waals surface area contributed by atoms with Crippen molar-refractivity contribution in [3.8, 4) is 0 Å². The van der Waals surface area contributed by atoms with E-state index in [0.29, 0.717) is 18.2 Å². The molecule has 0 spiro atoms. The van der Waals surface area contributed by atoms with E-state index >= 15 is 0 Å². The zero-order valence-corrected chi connectivity index (χ0v) is 11.2. The third-order valence-electron chi connectivity index (χ3n) is 4.91. The van der Waals surface area contributed by atoms with Crippen LogP contribution in [-0.4, -0.2) is 17.2 Å². The zero-order valence-electron chi connectivity index (χ0n) is 11.2. The molecule has 1 aromatic carbocycles. The first-order valence-electron chi connectivity index (χ1n) is 7.44. The van der Waals surface area contributed by atoms with Crippen molar-refractivity contribution >= 4 is 5.78 Å². The van der Waals surface area contributed by atoms with Gasteiger partial charge in [-0.2, -0.15) is 0 Å². The average molecular weight is 253 g/mol. The van der Waals surface area contributed by atoms with E-state index in [2.05, 4.69) is 29.2 Å². The van der Waals surface area contributed by atoms with Crippen LogP contribution in [0.15, 0.2) is 35.5 Å². The maximum Gasteiger partial charge on any atom is 0.162 e. The van der Waals surface area contributed by atoms with Crippen LogP contribution in [0.25, 0.3) is 0 Å². The van der Waals surface area contributed by atoms with E-state index in [9.17, 15) is 4.79 Å².